The van der Waals surface area contributed by atoms with Gasteiger partial charge in [0.25, 0.3) is 0 Å². The van der Waals surface area contributed by atoms with E-state index in [-0.39, 0.29) is 22.8 Å². The Morgan fingerprint density at radius 2 is 1.92 bits per heavy atom. The summed E-state index contributed by atoms with van der Waals surface area (Å²) >= 11 is 0. The monoisotopic (exact) mass is 536 g/mol. The average Bonchev–Trinajstić information content (AvgIpc) is 3.18. The number of hydrogen-bond donors (Lipinski definition) is 4. The molecule has 2 aromatic carbocycles. The van der Waals surface area contributed by atoms with Crippen LogP contribution in [0.15, 0.2) is 47.6 Å². The minimum Gasteiger partial charge on any atom is -0.395 e. The van der Waals surface area contributed by atoms with Gasteiger partial charge in [-0.2, -0.15) is 0 Å². The summed E-state index contributed by atoms with van der Waals surface area (Å²) in [6, 6.07) is 12.7. The Morgan fingerprint density at radius 1 is 1.15 bits per heavy atom. The summed E-state index contributed by atoms with van der Waals surface area (Å²) in [4.78, 5) is 13.4. The number of aromatic nitrogens is 1. The molecule has 1 saturated carbocycles. The highest BCUT2D eigenvalue weighted by Crippen LogP contribution is 2.52. The van der Waals surface area contributed by atoms with Crippen LogP contribution < -0.4 is 31.3 Å². The summed E-state index contributed by atoms with van der Waals surface area (Å²) in [5, 5.41) is 8.31. The van der Waals surface area contributed by atoms with Gasteiger partial charge in [-0.25, -0.2) is 5.53 Å². The maximum absolute atomic E-state index is 13.5. The van der Waals surface area contributed by atoms with Crippen molar-refractivity contribution in [3.05, 3.63) is 53.7 Å². The predicted molar refractivity (Wildman–Crippen MR) is 147 cm³/mol. The van der Waals surface area contributed by atoms with Crippen LogP contribution in [0.1, 0.15) is 51.3 Å². The molecule has 1 unspecified atom stereocenters. The Kier molecular flexibility index (Phi) is 5.80. The fraction of sp³-hybridized carbons (Fsp3) is 0.407. The van der Waals surface area contributed by atoms with E-state index >= 15 is 0 Å². The van der Waals surface area contributed by atoms with Crippen LogP contribution in [-0.4, -0.2) is 30.5 Å². The third kappa shape index (κ3) is 4.77. The number of rotatable bonds is 7. The van der Waals surface area contributed by atoms with Gasteiger partial charge in [-0.1, -0.05) is 26.8 Å². The molecule has 1 aliphatic carbocycles. The molecule has 9 nitrogen and oxygen atoms in total. The van der Waals surface area contributed by atoms with Crippen LogP contribution in [0, 0.1) is 0 Å². The highest BCUT2D eigenvalue weighted by molar-refractivity contribution is 6.13. The fourth-order valence-corrected chi connectivity index (χ4v) is 5.46. The summed E-state index contributed by atoms with van der Waals surface area (Å²) in [6.07, 6.45) is -1.64. The quantitative estimate of drug-likeness (QED) is 0.344. The van der Waals surface area contributed by atoms with Crippen molar-refractivity contribution >= 4 is 36.2 Å². The number of hydrazine groups is 2. The maximum atomic E-state index is 13.5. The molecule has 0 bridgehead atoms. The first-order chi connectivity index (χ1) is 18.4. The van der Waals surface area contributed by atoms with Gasteiger partial charge in [0, 0.05) is 40.7 Å². The van der Waals surface area contributed by atoms with Gasteiger partial charge >= 0.3 is 6.29 Å². The van der Waals surface area contributed by atoms with E-state index in [4.69, 9.17) is 0 Å². The van der Waals surface area contributed by atoms with Gasteiger partial charge in [-0.05, 0) is 60.6 Å². The molecule has 0 radical (unpaired) electrons. The number of hydrazone groups is 1. The number of amidine groups is 1. The van der Waals surface area contributed by atoms with Crippen LogP contribution >= 0.6 is 0 Å². The molecule has 39 heavy (non-hydrogen) atoms. The molecule has 2 aliphatic heterocycles. The van der Waals surface area contributed by atoms with Crippen molar-refractivity contribution in [1.82, 2.24) is 21.1 Å². The Labute approximate surface area is 225 Å². The molecule has 3 aliphatic rings. The first kappa shape index (κ1) is 25.5. The number of alkyl halides is 2. The second-order valence-electron chi connectivity index (χ2n) is 11.8. The molecule has 1 atom stereocenters. The van der Waals surface area contributed by atoms with Crippen molar-refractivity contribution in [1.29, 1.82) is 0 Å². The van der Waals surface area contributed by atoms with Crippen LogP contribution in [0.4, 0.5) is 14.5 Å². The van der Waals surface area contributed by atoms with Crippen molar-refractivity contribution in [2.24, 2.45) is 5.10 Å². The van der Waals surface area contributed by atoms with Crippen molar-refractivity contribution in [2.75, 3.05) is 5.32 Å². The maximum Gasteiger partial charge on any atom is 0.586 e. The first-order valence-corrected chi connectivity index (χ1v) is 13.1. The number of hydrogen-bond acceptors (Lipinski definition) is 7. The van der Waals surface area contributed by atoms with E-state index in [1.807, 2.05) is 18.2 Å². The van der Waals surface area contributed by atoms with Gasteiger partial charge in [0.1, 0.15) is 13.7 Å². The number of fused-ring (bicyclic) bond motifs is 2. The van der Waals surface area contributed by atoms with Gasteiger partial charge in [0.2, 0.25) is 5.91 Å². The molecular formula is C27H31BF2N6O3. The van der Waals surface area contributed by atoms with E-state index in [1.54, 1.807) is 6.07 Å². The van der Waals surface area contributed by atoms with E-state index in [0.29, 0.717) is 29.9 Å². The Morgan fingerprint density at radius 3 is 2.62 bits per heavy atom. The lowest BCUT2D eigenvalue weighted by molar-refractivity contribution is -0.286. The highest BCUT2D eigenvalue weighted by atomic mass is 19.3. The van der Waals surface area contributed by atoms with Crippen molar-refractivity contribution in [3.8, 4) is 11.5 Å². The number of nitrogens with zero attached hydrogens (tertiary/aromatic N) is 2. The molecular weight excluding hydrogens is 505 g/mol. The summed E-state index contributed by atoms with van der Waals surface area (Å²) in [5.41, 5.74) is 11.3. The van der Waals surface area contributed by atoms with Crippen LogP contribution in [0.25, 0.3) is 10.9 Å². The van der Waals surface area contributed by atoms with Crippen LogP contribution in [0.3, 0.4) is 0 Å². The largest absolute Gasteiger partial charge is 0.586 e. The zero-order chi connectivity index (χ0) is 27.6. The Balaban J connectivity index is 1.24. The lowest BCUT2D eigenvalue weighted by Gasteiger charge is -2.24. The second kappa shape index (κ2) is 8.87. The minimum atomic E-state index is -3.69. The number of halogens is 2. The third-order valence-corrected chi connectivity index (χ3v) is 7.56. The number of ether oxygens (including phenoxy) is 2. The van der Waals surface area contributed by atoms with Gasteiger partial charge in [0.05, 0.1) is 5.41 Å². The molecule has 12 heteroatoms. The van der Waals surface area contributed by atoms with E-state index < -0.39 is 11.7 Å². The lowest BCUT2D eigenvalue weighted by Crippen LogP contribution is -2.35. The highest BCUT2D eigenvalue weighted by Gasteiger charge is 2.52. The van der Waals surface area contributed by atoms with Gasteiger partial charge in [-0.15, -0.1) is 19.4 Å². The van der Waals surface area contributed by atoms with Crippen molar-refractivity contribution in [2.45, 2.75) is 69.5 Å². The Bertz CT molecular complexity index is 1490. The normalized spacial score (nSPS) is 19.3. The molecule has 4 N–H and O–H groups in total. The van der Waals surface area contributed by atoms with Crippen LogP contribution in [0.2, 0.25) is 5.82 Å². The molecule has 3 heterocycles. The zero-order valence-corrected chi connectivity index (χ0v) is 22.3. The molecule has 1 fully saturated rings. The lowest BCUT2D eigenvalue weighted by atomic mass is 9.83. The van der Waals surface area contributed by atoms with Crippen LogP contribution in [0.5, 0.6) is 11.5 Å². The van der Waals surface area contributed by atoms with Crippen LogP contribution in [-0.2, 0) is 22.2 Å². The molecule has 204 valence electrons. The predicted octanol–water partition coefficient (Wildman–Crippen LogP) is 3.67. The topological polar surface area (TPSA) is 101 Å². The smallest absolute Gasteiger partial charge is 0.395 e. The molecule has 0 spiro atoms. The summed E-state index contributed by atoms with van der Waals surface area (Å²) in [5.74, 6) is 0.951. The van der Waals surface area contributed by atoms with E-state index in [0.717, 1.165) is 29.7 Å². The molecule has 0 saturated heterocycles. The van der Waals surface area contributed by atoms with E-state index in [2.05, 4.69) is 75.6 Å². The second-order valence-corrected chi connectivity index (χ2v) is 11.8. The van der Waals surface area contributed by atoms with E-state index in [1.165, 1.54) is 17.8 Å². The number of nitrogens with one attached hydrogen (secondary N) is 4. The number of amides is 1. The van der Waals surface area contributed by atoms with Crippen molar-refractivity contribution < 1.29 is 23.0 Å². The standard InChI is InChI=1S/C27H31BF2N6O3/c1-25(2,3)22-11-15-10-18(5-6-19(15)36(22)14-17(28)13-23-32-34-35-33-23)31-24(37)26(8-9-26)16-4-7-20-21(12-16)39-27(29,30)38-20/h4-7,10-12,17,34-35H,8-9,13-14,28H2,1-3H3,(H,31,37)(H,32,33). The molecule has 1 amide bonds. The summed E-state index contributed by atoms with van der Waals surface area (Å²) < 4.78 is 38.4. The van der Waals surface area contributed by atoms with E-state index in [9.17, 15) is 13.6 Å². The minimum absolute atomic E-state index is 0.0280. The zero-order valence-electron chi connectivity index (χ0n) is 22.3. The summed E-state index contributed by atoms with van der Waals surface area (Å²) in [6.45, 7) is 7.40. The SMILES string of the molecule is BC(CC1=NNNN1)Cn1c(C(C)(C)C)cc2cc(NC(=O)C3(c4ccc5c(c4)OC(F)(F)O5)CC3)ccc21. The average molecular weight is 536 g/mol. The first-order valence-electron chi connectivity index (χ1n) is 13.1. The third-order valence-electron chi connectivity index (χ3n) is 7.56. The number of carbonyl (C=O) groups excluding carboxylic acids is 1. The number of benzene rings is 2. The van der Waals surface area contributed by atoms with Gasteiger partial charge in [0.15, 0.2) is 11.5 Å². The number of carbonyl (C=O) groups is 1. The van der Waals surface area contributed by atoms with Gasteiger partial charge in [-0.3, -0.25) is 10.2 Å². The Hall–Kier alpha value is -3.80. The molecule has 6 rings (SSSR count). The van der Waals surface area contributed by atoms with Crippen molar-refractivity contribution in [3.63, 3.8) is 0 Å². The fourth-order valence-electron chi connectivity index (χ4n) is 5.46. The van der Waals surface area contributed by atoms with Gasteiger partial charge < -0.3 is 19.4 Å². The number of anilines is 1. The molecule has 1 aromatic heterocycles. The summed E-state index contributed by atoms with van der Waals surface area (Å²) in [7, 11) is 2.20. The molecule has 3 aromatic rings.